The van der Waals surface area contributed by atoms with Crippen LogP contribution in [0.15, 0.2) is 30.6 Å². The summed E-state index contributed by atoms with van der Waals surface area (Å²) in [6.07, 6.45) is 4.00. The van der Waals surface area contributed by atoms with Gasteiger partial charge in [-0.05, 0) is 5.01 Å². The van der Waals surface area contributed by atoms with Crippen LogP contribution in [0.1, 0.15) is 12.8 Å². The van der Waals surface area contributed by atoms with Crippen molar-refractivity contribution in [2.24, 2.45) is 0 Å². The standard InChI is InChI=1S/C9H9N2O2/c12-8-4-5-9(13)11(8)10-6-2-1-3-7-10/h1-3,6-7H,4-5H2/q+1. The second kappa shape index (κ2) is 2.97. The molecule has 13 heavy (non-hydrogen) atoms. The zero-order valence-corrected chi connectivity index (χ0v) is 7.01. The highest BCUT2D eigenvalue weighted by molar-refractivity contribution is 6.12. The summed E-state index contributed by atoms with van der Waals surface area (Å²) in [5.41, 5.74) is 0. The van der Waals surface area contributed by atoms with Crippen molar-refractivity contribution >= 4 is 11.8 Å². The number of nitrogens with zero attached hydrogens (tertiary/aromatic N) is 2. The van der Waals surface area contributed by atoms with Crippen LogP contribution in [0.25, 0.3) is 0 Å². The van der Waals surface area contributed by atoms with Crippen LogP contribution in [-0.2, 0) is 9.59 Å². The molecule has 1 fully saturated rings. The van der Waals surface area contributed by atoms with Gasteiger partial charge in [0, 0.05) is 25.0 Å². The molecule has 0 N–H and O–H groups in total. The molecule has 1 aliphatic heterocycles. The zero-order valence-electron chi connectivity index (χ0n) is 7.01. The van der Waals surface area contributed by atoms with Gasteiger partial charge in [0.1, 0.15) is 0 Å². The maximum absolute atomic E-state index is 11.3. The molecule has 4 heteroatoms. The smallest absolute Gasteiger partial charge is 0.268 e. The minimum absolute atomic E-state index is 0.138. The van der Waals surface area contributed by atoms with Gasteiger partial charge >= 0.3 is 0 Å². The third kappa shape index (κ3) is 1.30. The van der Waals surface area contributed by atoms with E-state index in [-0.39, 0.29) is 11.8 Å². The Bertz CT molecular complexity index is 332. The molecule has 2 amide bonds. The minimum Gasteiger partial charge on any atom is -0.268 e. The molecule has 0 atom stereocenters. The number of aromatic nitrogens is 1. The van der Waals surface area contributed by atoms with Crippen molar-refractivity contribution in [3.63, 3.8) is 0 Å². The number of rotatable bonds is 1. The lowest BCUT2D eigenvalue weighted by molar-refractivity contribution is -0.673. The summed E-state index contributed by atoms with van der Waals surface area (Å²) < 4.78 is 1.51. The van der Waals surface area contributed by atoms with Gasteiger partial charge in [-0.3, -0.25) is 9.59 Å². The summed E-state index contributed by atoms with van der Waals surface area (Å²) in [4.78, 5) is 22.5. The predicted molar refractivity (Wildman–Crippen MR) is 44.1 cm³/mol. The Morgan fingerprint density at radius 1 is 1.00 bits per heavy atom. The van der Waals surface area contributed by atoms with Crippen LogP contribution >= 0.6 is 0 Å². The Labute approximate surface area is 75.4 Å². The van der Waals surface area contributed by atoms with E-state index in [1.165, 1.54) is 9.69 Å². The molecule has 2 rings (SSSR count). The van der Waals surface area contributed by atoms with Crippen LogP contribution < -0.4 is 9.69 Å². The second-order valence-corrected chi connectivity index (χ2v) is 2.85. The summed E-state index contributed by atoms with van der Waals surface area (Å²) in [7, 11) is 0. The monoisotopic (exact) mass is 177 g/mol. The summed E-state index contributed by atoms with van der Waals surface area (Å²) in [5.74, 6) is -0.276. The highest BCUT2D eigenvalue weighted by atomic mass is 16.2. The first-order valence-corrected chi connectivity index (χ1v) is 4.11. The molecule has 66 valence electrons. The molecule has 4 nitrogen and oxygen atoms in total. The van der Waals surface area contributed by atoms with Crippen LogP contribution in [0.4, 0.5) is 0 Å². The van der Waals surface area contributed by atoms with E-state index >= 15 is 0 Å². The van der Waals surface area contributed by atoms with Gasteiger partial charge in [0.2, 0.25) is 12.4 Å². The van der Waals surface area contributed by atoms with E-state index in [0.29, 0.717) is 12.8 Å². The van der Waals surface area contributed by atoms with E-state index in [4.69, 9.17) is 0 Å². The Balaban J connectivity index is 2.36. The lowest BCUT2D eigenvalue weighted by Gasteiger charge is -2.04. The molecule has 0 aliphatic carbocycles. The molecule has 1 aromatic heterocycles. The largest absolute Gasteiger partial charge is 0.287 e. The van der Waals surface area contributed by atoms with Crippen LogP contribution in [0.3, 0.4) is 0 Å². The molecule has 1 aromatic rings. The van der Waals surface area contributed by atoms with Crippen molar-refractivity contribution in [3.05, 3.63) is 30.6 Å². The maximum atomic E-state index is 11.3. The normalized spacial score (nSPS) is 16.8. The average molecular weight is 177 g/mol. The number of carbonyl (C=O) groups is 2. The van der Waals surface area contributed by atoms with E-state index in [1.807, 2.05) is 6.07 Å². The van der Waals surface area contributed by atoms with Gasteiger partial charge in [-0.1, -0.05) is 10.7 Å². The van der Waals surface area contributed by atoms with Gasteiger partial charge in [0.15, 0.2) is 0 Å². The third-order valence-electron chi connectivity index (χ3n) is 1.96. The first-order valence-electron chi connectivity index (χ1n) is 4.11. The van der Waals surface area contributed by atoms with Gasteiger partial charge in [0.05, 0.1) is 0 Å². The molecular formula is C9H9N2O2+. The SMILES string of the molecule is O=C1CCC(=O)N1[n+]1ccccc1. The summed E-state index contributed by atoms with van der Waals surface area (Å²) in [5, 5.41) is 1.17. The van der Waals surface area contributed by atoms with Crippen LogP contribution in [0.5, 0.6) is 0 Å². The van der Waals surface area contributed by atoms with Gasteiger partial charge in [-0.2, -0.15) is 0 Å². The maximum Gasteiger partial charge on any atom is 0.287 e. The Morgan fingerprint density at radius 2 is 1.54 bits per heavy atom. The fourth-order valence-corrected chi connectivity index (χ4v) is 1.35. The van der Waals surface area contributed by atoms with Crippen molar-refractivity contribution in [2.45, 2.75) is 12.8 Å². The Morgan fingerprint density at radius 3 is 2.08 bits per heavy atom. The van der Waals surface area contributed by atoms with E-state index in [9.17, 15) is 9.59 Å². The molecule has 0 radical (unpaired) electrons. The van der Waals surface area contributed by atoms with E-state index in [2.05, 4.69) is 0 Å². The molecule has 0 aromatic carbocycles. The molecule has 2 heterocycles. The number of carbonyl (C=O) groups excluding carboxylic acids is 2. The average Bonchev–Trinajstić information content (AvgIpc) is 2.48. The number of pyridine rings is 1. The Hall–Kier alpha value is -1.71. The quantitative estimate of drug-likeness (QED) is 0.439. The number of hydrogen-bond donors (Lipinski definition) is 0. The molecule has 0 unspecified atom stereocenters. The Kier molecular flexibility index (Phi) is 1.81. The van der Waals surface area contributed by atoms with Crippen LogP contribution in [-0.4, -0.2) is 11.8 Å². The fourth-order valence-electron chi connectivity index (χ4n) is 1.35. The zero-order chi connectivity index (χ0) is 9.26. The lowest BCUT2D eigenvalue weighted by atomic mass is 10.4. The molecular weight excluding hydrogens is 168 g/mol. The fraction of sp³-hybridized carbons (Fsp3) is 0.222. The predicted octanol–water partition coefficient (Wildman–Crippen LogP) is -0.241. The number of imide groups is 1. The minimum atomic E-state index is -0.138. The van der Waals surface area contributed by atoms with Crippen LogP contribution in [0.2, 0.25) is 0 Å². The van der Waals surface area contributed by atoms with Crippen LogP contribution in [0, 0.1) is 0 Å². The van der Waals surface area contributed by atoms with Crippen molar-refractivity contribution in [2.75, 3.05) is 5.01 Å². The lowest BCUT2D eigenvalue weighted by Crippen LogP contribution is -2.60. The van der Waals surface area contributed by atoms with Crippen molar-refractivity contribution in [1.29, 1.82) is 0 Å². The highest BCUT2D eigenvalue weighted by Crippen LogP contribution is 2.05. The molecule has 1 saturated heterocycles. The molecule has 0 bridgehead atoms. The van der Waals surface area contributed by atoms with E-state index < -0.39 is 0 Å². The number of hydrogen-bond acceptors (Lipinski definition) is 2. The second-order valence-electron chi connectivity index (χ2n) is 2.85. The first kappa shape index (κ1) is 7.91. The first-order chi connectivity index (χ1) is 6.29. The molecule has 1 aliphatic rings. The van der Waals surface area contributed by atoms with Crippen molar-refractivity contribution < 1.29 is 14.3 Å². The van der Waals surface area contributed by atoms with E-state index in [1.54, 1.807) is 24.5 Å². The van der Waals surface area contributed by atoms with Crippen molar-refractivity contribution in [3.8, 4) is 0 Å². The highest BCUT2D eigenvalue weighted by Gasteiger charge is 2.36. The van der Waals surface area contributed by atoms with Gasteiger partial charge in [-0.25, -0.2) is 0 Å². The van der Waals surface area contributed by atoms with E-state index in [0.717, 1.165) is 0 Å². The van der Waals surface area contributed by atoms with Gasteiger partial charge in [-0.15, -0.1) is 0 Å². The summed E-state index contributed by atoms with van der Waals surface area (Å²) in [6, 6.07) is 5.39. The molecule has 0 spiro atoms. The van der Waals surface area contributed by atoms with Gasteiger partial charge < -0.3 is 0 Å². The third-order valence-corrected chi connectivity index (χ3v) is 1.96. The van der Waals surface area contributed by atoms with Gasteiger partial charge in [0.25, 0.3) is 11.8 Å². The summed E-state index contributed by atoms with van der Waals surface area (Å²) in [6.45, 7) is 0. The van der Waals surface area contributed by atoms with Crippen molar-refractivity contribution in [1.82, 2.24) is 0 Å². The summed E-state index contributed by atoms with van der Waals surface area (Å²) >= 11 is 0. The molecule has 0 saturated carbocycles. The number of amides is 2. The topological polar surface area (TPSA) is 41.3 Å².